The van der Waals surface area contributed by atoms with Gasteiger partial charge in [-0.25, -0.2) is 0 Å². The van der Waals surface area contributed by atoms with E-state index >= 15 is 0 Å². The minimum absolute atomic E-state index is 0.0281. The van der Waals surface area contributed by atoms with E-state index in [1.807, 2.05) is 30.3 Å². The molecule has 15 heavy (non-hydrogen) atoms. The van der Waals surface area contributed by atoms with Crippen molar-refractivity contribution < 1.29 is 9.53 Å². The number of hydrogen-bond donors (Lipinski definition) is 1. The van der Waals surface area contributed by atoms with Crippen molar-refractivity contribution in [2.45, 2.75) is 32.0 Å². The normalized spacial score (nSPS) is 23.5. The molecular weight excluding hydrogens is 190 g/mol. The van der Waals surface area contributed by atoms with Crippen molar-refractivity contribution in [2.75, 3.05) is 5.32 Å². The lowest BCUT2D eigenvalue weighted by Crippen LogP contribution is -2.19. The molecule has 1 amide bonds. The van der Waals surface area contributed by atoms with E-state index in [1.54, 1.807) is 0 Å². The van der Waals surface area contributed by atoms with E-state index in [9.17, 15) is 4.79 Å². The Kier molecular flexibility index (Phi) is 3.02. The Labute approximate surface area is 89.4 Å². The zero-order chi connectivity index (χ0) is 10.7. The second-order valence-corrected chi connectivity index (χ2v) is 3.74. The molecule has 1 fully saturated rings. The molecule has 0 aliphatic carbocycles. The number of para-hydroxylation sites is 1. The molecule has 3 heteroatoms. The quantitative estimate of drug-likeness (QED) is 0.765. The number of amides is 1. The average molecular weight is 205 g/mol. The van der Waals surface area contributed by atoms with E-state index in [0.717, 1.165) is 18.5 Å². The first kappa shape index (κ1) is 10.2. The van der Waals surface area contributed by atoms with Crippen LogP contribution in [0.2, 0.25) is 0 Å². The van der Waals surface area contributed by atoms with Gasteiger partial charge in [-0.15, -0.1) is 0 Å². The minimum Gasteiger partial charge on any atom is -0.359 e. The van der Waals surface area contributed by atoms with Crippen molar-refractivity contribution in [1.82, 2.24) is 0 Å². The number of hydrogen-bond acceptors (Lipinski definition) is 2. The summed E-state index contributed by atoms with van der Waals surface area (Å²) in [5, 5.41) is 2.83. The minimum atomic E-state index is -0.231. The summed E-state index contributed by atoms with van der Waals surface area (Å²) in [7, 11) is 0. The van der Waals surface area contributed by atoms with Crippen LogP contribution in [-0.4, -0.2) is 18.1 Å². The Morgan fingerprint density at radius 3 is 2.80 bits per heavy atom. The maximum Gasteiger partial charge on any atom is 0.256 e. The van der Waals surface area contributed by atoms with E-state index in [4.69, 9.17) is 4.74 Å². The maximum atomic E-state index is 11.6. The third-order valence-corrected chi connectivity index (χ3v) is 2.46. The molecule has 1 aromatic carbocycles. The fourth-order valence-corrected chi connectivity index (χ4v) is 1.61. The monoisotopic (exact) mass is 205 g/mol. The summed E-state index contributed by atoms with van der Waals surface area (Å²) in [5.74, 6) is -0.0281. The van der Waals surface area contributed by atoms with Crippen LogP contribution in [0.4, 0.5) is 5.69 Å². The predicted molar refractivity (Wildman–Crippen MR) is 58.6 cm³/mol. The van der Waals surface area contributed by atoms with Crippen LogP contribution in [-0.2, 0) is 9.53 Å². The van der Waals surface area contributed by atoms with Crippen molar-refractivity contribution in [3.05, 3.63) is 30.3 Å². The summed E-state index contributed by atoms with van der Waals surface area (Å²) in [4.78, 5) is 11.6. The van der Waals surface area contributed by atoms with Crippen LogP contribution in [0.25, 0.3) is 0 Å². The molecule has 2 rings (SSSR count). The molecule has 0 radical (unpaired) electrons. The van der Waals surface area contributed by atoms with Crippen LogP contribution in [0.15, 0.2) is 30.3 Å². The van der Waals surface area contributed by atoms with Crippen LogP contribution >= 0.6 is 0 Å². The molecule has 0 saturated carbocycles. The summed E-state index contributed by atoms with van der Waals surface area (Å²) < 4.78 is 5.28. The highest BCUT2D eigenvalue weighted by Crippen LogP contribution is 2.27. The highest BCUT2D eigenvalue weighted by atomic mass is 16.6. The molecule has 1 aliphatic heterocycles. The Bertz CT molecular complexity index is 337. The fraction of sp³-hybridized carbons (Fsp3) is 0.417. The Hall–Kier alpha value is -1.35. The molecule has 2 unspecified atom stereocenters. The van der Waals surface area contributed by atoms with E-state index in [-0.39, 0.29) is 18.1 Å². The van der Waals surface area contributed by atoms with Crippen LogP contribution < -0.4 is 5.32 Å². The lowest BCUT2D eigenvalue weighted by molar-refractivity contribution is -0.117. The van der Waals surface area contributed by atoms with Gasteiger partial charge in [-0.05, 0) is 18.6 Å². The van der Waals surface area contributed by atoms with Crippen LogP contribution in [0.5, 0.6) is 0 Å². The average Bonchev–Trinajstić information content (AvgIpc) is 2.99. The smallest absolute Gasteiger partial charge is 0.256 e. The Morgan fingerprint density at radius 1 is 1.40 bits per heavy atom. The van der Waals surface area contributed by atoms with Crippen molar-refractivity contribution >= 4 is 11.6 Å². The van der Waals surface area contributed by atoms with E-state index in [2.05, 4.69) is 12.2 Å². The number of benzene rings is 1. The van der Waals surface area contributed by atoms with Crippen molar-refractivity contribution in [3.8, 4) is 0 Å². The first-order chi connectivity index (χ1) is 7.31. The number of epoxide rings is 1. The molecule has 1 saturated heterocycles. The molecular formula is C12H15NO2. The highest BCUT2D eigenvalue weighted by Gasteiger charge is 2.43. The second-order valence-electron chi connectivity index (χ2n) is 3.74. The van der Waals surface area contributed by atoms with Crippen molar-refractivity contribution in [3.63, 3.8) is 0 Å². The van der Waals surface area contributed by atoms with Gasteiger partial charge in [-0.3, -0.25) is 4.79 Å². The number of carbonyl (C=O) groups is 1. The van der Waals surface area contributed by atoms with Gasteiger partial charge in [0, 0.05) is 5.69 Å². The van der Waals surface area contributed by atoms with Gasteiger partial charge >= 0.3 is 0 Å². The van der Waals surface area contributed by atoms with Crippen molar-refractivity contribution in [1.29, 1.82) is 0 Å². The largest absolute Gasteiger partial charge is 0.359 e. The van der Waals surface area contributed by atoms with E-state index < -0.39 is 0 Å². The maximum absolute atomic E-state index is 11.6. The van der Waals surface area contributed by atoms with Gasteiger partial charge in [-0.2, -0.15) is 0 Å². The topological polar surface area (TPSA) is 41.6 Å². The number of anilines is 1. The molecule has 1 N–H and O–H groups in total. The van der Waals surface area contributed by atoms with Gasteiger partial charge < -0.3 is 10.1 Å². The zero-order valence-corrected chi connectivity index (χ0v) is 8.77. The van der Waals surface area contributed by atoms with Crippen molar-refractivity contribution in [2.24, 2.45) is 0 Å². The van der Waals surface area contributed by atoms with Crippen LogP contribution in [0.1, 0.15) is 19.8 Å². The van der Waals surface area contributed by atoms with Gasteiger partial charge in [0.05, 0.1) is 6.10 Å². The first-order valence-electron chi connectivity index (χ1n) is 5.32. The van der Waals surface area contributed by atoms with Crippen LogP contribution in [0.3, 0.4) is 0 Å². The molecule has 3 nitrogen and oxygen atoms in total. The van der Waals surface area contributed by atoms with Gasteiger partial charge in [-0.1, -0.05) is 31.5 Å². The molecule has 0 bridgehead atoms. The molecule has 2 atom stereocenters. The SMILES string of the molecule is CCCC1OC1C(=O)Nc1ccccc1. The van der Waals surface area contributed by atoms with E-state index in [1.165, 1.54) is 0 Å². The first-order valence-corrected chi connectivity index (χ1v) is 5.32. The van der Waals surface area contributed by atoms with E-state index in [0.29, 0.717) is 0 Å². The van der Waals surface area contributed by atoms with Gasteiger partial charge in [0.15, 0.2) is 6.10 Å². The van der Waals surface area contributed by atoms with Gasteiger partial charge in [0.2, 0.25) is 0 Å². The van der Waals surface area contributed by atoms with Crippen LogP contribution in [0, 0.1) is 0 Å². The lowest BCUT2D eigenvalue weighted by atomic mass is 10.2. The van der Waals surface area contributed by atoms with Gasteiger partial charge in [0.1, 0.15) is 0 Å². The molecule has 1 aromatic rings. The second kappa shape index (κ2) is 4.45. The summed E-state index contributed by atoms with van der Waals surface area (Å²) in [6.45, 7) is 2.09. The fourth-order valence-electron chi connectivity index (χ4n) is 1.61. The number of ether oxygens (including phenoxy) is 1. The molecule has 1 aliphatic rings. The molecule has 0 aromatic heterocycles. The predicted octanol–water partition coefficient (Wildman–Crippen LogP) is 2.19. The summed E-state index contributed by atoms with van der Waals surface area (Å²) in [6, 6.07) is 9.45. The third kappa shape index (κ3) is 2.57. The van der Waals surface area contributed by atoms with Gasteiger partial charge in [0.25, 0.3) is 5.91 Å². The lowest BCUT2D eigenvalue weighted by Gasteiger charge is -2.01. The Balaban J connectivity index is 1.84. The number of nitrogens with one attached hydrogen (secondary N) is 1. The zero-order valence-electron chi connectivity index (χ0n) is 8.77. The highest BCUT2D eigenvalue weighted by molar-refractivity contribution is 5.96. The number of carbonyl (C=O) groups excluding carboxylic acids is 1. The standard InChI is InChI=1S/C12H15NO2/c1-2-6-10-11(15-10)12(14)13-9-7-4-3-5-8-9/h3-5,7-8,10-11H,2,6H2,1H3,(H,13,14). The summed E-state index contributed by atoms with van der Waals surface area (Å²) in [5.41, 5.74) is 0.827. The Morgan fingerprint density at radius 2 is 2.13 bits per heavy atom. The third-order valence-electron chi connectivity index (χ3n) is 2.46. The molecule has 0 spiro atoms. The number of rotatable bonds is 4. The summed E-state index contributed by atoms with van der Waals surface area (Å²) >= 11 is 0. The molecule has 1 heterocycles. The summed E-state index contributed by atoms with van der Waals surface area (Å²) in [6.07, 6.45) is 1.93. The molecule has 80 valence electrons.